The molecule has 3 atom stereocenters. The summed E-state index contributed by atoms with van der Waals surface area (Å²) in [6.07, 6.45) is 6.52. The molecule has 0 spiro atoms. The van der Waals surface area contributed by atoms with Crippen LogP contribution in [0, 0.1) is 23.2 Å². The van der Waals surface area contributed by atoms with Gasteiger partial charge in [-0.15, -0.1) is 12.4 Å². The van der Waals surface area contributed by atoms with Gasteiger partial charge < -0.3 is 11.5 Å². The predicted octanol–water partition coefficient (Wildman–Crippen LogP) is 3.36. The molecule has 4 N–H and O–H groups in total. The Bertz CT molecular complexity index is 730. The summed E-state index contributed by atoms with van der Waals surface area (Å²) in [4.78, 5) is 11.1. The van der Waals surface area contributed by atoms with Crippen LogP contribution in [0.1, 0.15) is 32.1 Å². The van der Waals surface area contributed by atoms with Crippen molar-refractivity contribution in [1.29, 1.82) is 0 Å². The quantitative estimate of drug-likeness (QED) is 0.826. The molecule has 0 aromatic heterocycles. The van der Waals surface area contributed by atoms with Crippen LogP contribution in [-0.2, 0) is 0 Å². The molecule has 3 unspecified atom stereocenters. The van der Waals surface area contributed by atoms with E-state index in [0.717, 1.165) is 23.4 Å². The number of nitrogens with two attached hydrogens (primary N) is 2. The Labute approximate surface area is 158 Å². The standard InChI is InChI=1S/C18H22ClN5.ClH/c19-13-1-3-14(4-2-13)24-15(22-16(20)23-17(24)21)18-8-10-5-11(9-18)7-12(18)6-10;/h1-4,10-12,15H,5-9H2,(H4,20,21,22,23);1H. The van der Waals surface area contributed by atoms with E-state index in [4.69, 9.17) is 28.1 Å². The van der Waals surface area contributed by atoms with E-state index in [2.05, 4.69) is 9.89 Å². The van der Waals surface area contributed by atoms with E-state index < -0.39 is 0 Å². The molecule has 134 valence electrons. The number of hydrogen-bond acceptors (Lipinski definition) is 5. The fourth-order valence-electron chi connectivity index (χ4n) is 6.05. The van der Waals surface area contributed by atoms with E-state index >= 15 is 0 Å². The van der Waals surface area contributed by atoms with Crippen molar-refractivity contribution < 1.29 is 0 Å². The monoisotopic (exact) mass is 379 g/mol. The van der Waals surface area contributed by atoms with Crippen molar-refractivity contribution >= 4 is 41.6 Å². The Morgan fingerprint density at radius 3 is 2.32 bits per heavy atom. The first-order valence-corrected chi connectivity index (χ1v) is 9.15. The number of hydrogen-bond donors (Lipinski definition) is 2. The summed E-state index contributed by atoms with van der Waals surface area (Å²) in [5.41, 5.74) is 13.5. The van der Waals surface area contributed by atoms with Crippen LogP contribution in [0.25, 0.3) is 0 Å². The molecule has 4 bridgehead atoms. The van der Waals surface area contributed by atoms with Gasteiger partial charge in [0.05, 0.1) is 0 Å². The summed E-state index contributed by atoms with van der Waals surface area (Å²) in [5, 5.41) is 0.713. The van der Waals surface area contributed by atoms with Crippen LogP contribution in [-0.4, -0.2) is 18.1 Å². The average Bonchev–Trinajstić information content (AvgIpc) is 2.93. The van der Waals surface area contributed by atoms with Crippen molar-refractivity contribution in [3.05, 3.63) is 29.3 Å². The van der Waals surface area contributed by atoms with Crippen molar-refractivity contribution in [1.82, 2.24) is 0 Å². The molecule has 25 heavy (non-hydrogen) atoms. The minimum absolute atomic E-state index is 0. The summed E-state index contributed by atoms with van der Waals surface area (Å²) in [6.45, 7) is 0. The van der Waals surface area contributed by atoms with Gasteiger partial charge in [0, 0.05) is 16.1 Å². The summed E-state index contributed by atoms with van der Waals surface area (Å²) < 4.78 is 0. The van der Waals surface area contributed by atoms with E-state index in [1.165, 1.54) is 32.1 Å². The summed E-state index contributed by atoms with van der Waals surface area (Å²) in [5.74, 6) is 3.19. The van der Waals surface area contributed by atoms with Crippen LogP contribution in [0.2, 0.25) is 5.02 Å². The second-order valence-corrected chi connectivity index (χ2v) is 8.39. The minimum atomic E-state index is -0.0449. The first kappa shape index (κ1) is 17.0. The zero-order valence-corrected chi connectivity index (χ0v) is 15.5. The molecule has 7 heteroatoms. The Hall–Kier alpha value is -1.46. The first-order chi connectivity index (χ1) is 11.5. The number of benzene rings is 1. The number of halogens is 2. The normalized spacial score (nSPS) is 38.4. The zero-order chi connectivity index (χ0) is 16.5. The molecule has 1 heterocycles. The molecule has 0 radical (unpaired) electrons. The number of guanidine groups is 2. The van der Waals surface area contributed by atoms with Gasteiger partial charge >= 0.3 is 0 Å². The fraction of sp³-hybridized carbons (Fsp3) is 0.556. The number of rotatable bonds is 2. The lowest BCUT2D eigenvalue weighted by Crippen LogP contribution is -2.56. The van der Waals surface area contributed by atoms with Gasteiger partial charge in [-0.05, 0) is 74.1 Å². The van der Waals surface area contributed by atoms with Gasteiger partial charge in [-0.3, -0.25) is 4.90 Å². The molecular formula is C18H23Cl2N5. The highest BCUT2D eigenvalue weighted by atomic mass is 35.5. The average molecular weight is 380 g/mol. The molecule has 5 nitrogen and oxygen atoms in total. The van der Waals surface area contributed by atoms with E-state index in [1.807, 2.05) is 24.3 Å². The minimum Gasteiger partial charge on any atom is -0.369 e. The van der Waals surface area contributed by atoms with Crippen molar-refractivity contribution in [3.63, 3.8) is 0 Å². The molecule has 6 rings (SSSR count). The van der Waals surface area contributed by atoms with Gasteiger partial charge in [-0.2, -0.15) is 4.99 Å². The Kier molecular flexibility index (Phi) is 3.92. The first-order valence-electron chi connectivity index (χ1n) is 8.77. The van der Waals surface area contributed by atoms with Gasteiger partial charge in [0.2, 0.25) is 11.9 Å². The lowest BCUT2D eigenvalue weighted by molar-refractivity contribution is 0.161. The van der Waals surface area contributed by atoms with E-state index in [9.17, 15) is 0 Å². The van der Waals surface area contributed by atoms with Gasteiger partial charge in [0.25, 0.3) is 0 Å². The Morgan fingerprint density at radius 2 is 1.68 bits per heavy atom. The second-order valence-electron chi connectivity index (χ2n) is 7.95. The summed E-state index contributed by atoms with van der Waals surface area (Å²) in [7, 11) is 0. The van der Waals surface area contributed by atoms with Crippen LogP contribution in [0.15, 0.2) is 34.3 Å². The lowest BCUT2D eigenvalue weighted by Gasteiger charge is -2.45. The second kappa shape index (κ2) is 5.78. The van der Waals surface area contributed by atoms with Crippen LogP contribution >= 0.6 is 24.0 Å². The fourth-order valence-corrected chi connectivity index (χ4v) is 6.18. The van der Waals surface area contributed by atoms with Crippen LogP contribution in [0.5, 0.6) is 0 Å². The molecule has 5 aliphatic rings. The van der Waals surface area contributed by atoms with Crippen molar-refractivity contribution in [2.75, 3.05) is 4.90 Å². The third-order valence-corrected chi connectivity index (χ3v) is 6.90. The maximum absolute atomic E-state index is 6.30. The largest absolute Gasteiger partial charge is 0.369 e. The van der Waals surface area contributed by atoms with Crippen LogP contribution in [0.3, 0.4) is 0 Å². The van der Waals surface area contributed by atoms with E-state index in [1.54, 1.807) is 0 Å². The third kappa shape index (κ3) is 2.43. The SMILES string of the molecule is Cl.NC1=NC(C23CC4CC(CC2C4)C3)N(c2ccc(Cl)cc2)C(N)=N1. The van der Waals surface area contributed by atoms with Crippen molar-refractivity contribution in [3.8, 4) is 0 Å². The highest BCUT2D eigenvalue weighted by Crippen LogP contribution is 2.67. The Balaban J connectivity index is 0.00000157. The maximum atomic E-state index is 6.30. The third-order valence-electron chi connectivity index (χ3n) is 6.65. The highest BCUT2D eigenvalue weighted by Gasteiger charge is 2.62. The smallest absolute Gasteiger partial charge is 0.220 e. The molecule has 0 amide bonds. The van der Waals surface area contributed by atoms with Crippen LogP contribution in [0.4, 0.5) is 5.69 Å². The number of nitrogens with zero attached hydrogens (tertiary/aromatic N) is 3. The Morgan fingerprint density at radius 1 is 1.04 bits per heavy atom. The van der Waals surface area contributed by atoms with E-state index in [-0.39, 0.29) is 24.0 Å². The molecule has 1 aromatic rings. The van der Waals surface area contributed by atoms with Gasteiger partial charge in [-0.25, -0.2) is 4.99 Å². The zero-order valence-electron chi connectivity index (χ0n) is 13.9. The topological polar surface area (TPSA) is 80.0 Å². The van der Waals surface area contributed by atoms with E-state index in [0.29, 0.717) is 16.9 Å². The molecule has 0 saturated heterocycles. The molecule has 4 fully saturated rings. The van der Waals surface area contributed by atoms with Gasteiger partial charge in [-0.1, -0.05) is 11.6 Å². The van der Waals surface area contributed by atoms with Crippen molar-refractivity contribution in [2.45, 2.75) is 38.3 Å². The van der Waals surface area contributed by atoms with Crippen LogP contribution < -0.4 is 16.4 Å². The molecule has 1 aliphatic heterocycles. The maximum Gasteiger partial charge on any atom is 0.220 e. The number of anilines is 1. The van der Waals surface area contributed by atoms with Gasteiger partial charge in [0.1, 0.15) is 6.17 Å². The summed E-state index contributed by atoms with van der Waals surface area (Å²) in [6, 6.07) is 7.76. The lowest BCUT2D eigenvalue weighted by atomic mass is 9.72. The molecule has 4 saturated carbocycles. The number of aliphatic imine (C=N–C) groups is 2. The molecular weight excluding hydrogens is 357 g/mol. The summed E-state index contributed by atoms with van der Waals surface area (Å²) >= 11 is 6.06. The van der Waals surface area contributed by atoms with Crippen molar-refractivity contribution in [2.24, 2.45) is 44.6 Å². The van der Waals surface area contributed by atoms with Gasteiger partial charge in [0.15, 0.2) is 0 Å². The predicted molar refractivity (Wildman–Crippen MR) is 104 cm³/mol. The molecule has 4 aliphatic carbocycles. The molecule has 1 aromatic carbocycles. The highest BCUT2D eigenvalue weighted by molar-refractivity contribution is 6.30.